The number of hydrogen-bond donors (Lipinski definition) is 2. The molecule has 2 N–H and O–H groups in total. The van der Waals surface area contributed by atoms with Gasteiger partial charge >= 0.3 is 0 Å². The molecule has 1 aromatic rings. The van der Waals surface area contributed by atoms with Gasteiger partial charge in [0.2, 0.25) is 5.91 Å². The molecule has 0 aliphatic carbocycles. The molecule has 0 saturated carbocycles. The zero-order chi connectivity index (χ0) is 14.2. The highest BCUT2D eigenvalue weighted by atomic mass is 16.5. The second-order valence-corrected chi connectivity index (χ2v) is 4.85. The fraction of sp³-hybridized carbons (Fsp3) is 0.533. The Hall–Kier alpha value is -1.59. The average Bonchev–Trinajstić information content (AvgIpc) is 2.49. The van der Waals surface area contributed by atoms with Gasteiger partial charge in [0.1, 0.15) is 5.75 Å². The summed E-state index contributed by atoms with van der Waals surface area (Å²) in [5.41, 5.74) is 1.19. The number of carbonyl (C=O) groups is 1. The Balaban J connectivity index is 1.76. The minimum absolute atomic E-state index is 0.0186. The van der Waals surface area contributed by atoms with Crippen LogP contribution in [0.25, 0.3) is 0 Å². The lowest BCUT2D eigenvalue weighted by Crippen LogP contribution is -2.37. The average molecular weight is 278 g/mol. The van der Waals surface area contributed by atoms with Crippen molar-refractivity contribution in [3.8, 4) is 5.75 Å². The summed E-state index contributed by atoms with van der Waals surface area (Å²) in [5, 5.41) is 6.00. The number of nitrogens with one attached hydrogen (secondary N) is 2. The number of rotatable bonds is 7. The van der Waals surface area contributed by atoms with E-state index in [9.17, 15) is 4.79 Å². The van der Waals surface area contributed by atoms with Crippen LogP contribution >= 0.6 is 0 Å². The molecule has 5 heteroatoms. The molecule has 0 fully saturated rings. The third kappa shape index (κ3) is 4.21. The standard InChI is InChI=1S/C15H22N2O3/c1-19-9-7-16-11-15(18)17-10-12-6-8-20-14-5-3-2-4-13(12)14/h2-5,12,16H,6-11H2,1H3,(H,17,18). The summed E-state index contributed by atoms with van der Waals surface area (Å²) < 4.78 is 10.5. The molecule has 2 rings (SSSR count). The Kier molecular flexibility index (Phi) is 5.83. The van der Waals surface area contributed by atoms with Gasteiger partial charge in [-0.1, -0.05) is 18.2 Å². The number of hydrogen-bond acceptors (Lipinski definition) is 4. The Labute approximate surface area is 119 Å². The van der Waals surface area contributed by atoms with Crippen molar-refractivity contribution in [2.45, 2.75) is 12.3 Å². The van der Waals surface area contributed by atoms with Crippen LogP contribution in [0, 0.1) is 0 Å². The number of para-hydroxylation sites is 1. The molecule has 1 aromatic carbocycles. The van der Waals surface area contributed by atoms with Crippen LogP contribution < -0.4 is 15.4 Å². The van der Waals surface area contributed by atoms with Crippen molar-refractivity contribution in [2.75, 3.05) is 40.0 Å². The molecule has 5 nitrogen and oxygen atoms in total. The second-order valence-electron chi connectivity index (χ2n) is 4.85. The van der Waals surface area contributed by atoms with Crippen LogP contribution in [0.3, 0.4) is 0 Å². The molecule has 1 amide bonds. The molecule has 0 bridgehead atoms. The van der Waals surface area contributed by atoms with Crippen molar-refractivity contribution in [1.29, 1.82) is 0 Å². The van der Waals surface area contributed by atoms with Gasteiger partial charge in [0.05, 0.1) is 19.8 Å². The van der Waals surface area contributed by atoms with Gasteiger partial charge in [0.15, 0.2) is 0 Å². The van der Waals surface area contributed by atoms with Gasteiger partial charge in [-0.15, -0.1) is 0 Å². The maximum atomic E-state index is 11.7. The third-order valence-electron chi connectivity index (χ3n) is 3.40. The van der Waals surface area contributed by atoms with E-state index in [1.54, 1.807) is 7.11 Å². The molecule has 0 spiro atoms. The van der Waals surface area contributed by atoms with Gasteiger partial charge in [-0.3, -0.25) is 4.79 Å². The maximum absolute atomic E-state index is 11.7. The Morgan fingerprint density at radius 2 is 2.30 bits per heavy atom. The van der Waals surface area contributed by atoms with Gasteiger partial charge < -0.3 is 20.1 Å². The molecule has 0 saturated heterocycles. The number of fused-ring (bicyclic) bond motifs is 1. The fourth-order valence-corrected chi connectivity index (χ4v) is 2.30. The lowest BCUT2D eigenvalue weighted by atomic mass is 9.93. The second kappa shape index (κ2) is 7.87. The number of amides is 1. The van der Waals surface area contributed by atoms with Crippen LogP contribution in [-0.2, 0) is 9.53 Å². The van der Waals surface area contributed by atoms with Crippen LogP contribution in [0.4, 0.5) is 0 Å². The van der Waals surface area contributed by atoms with Crippen LogP contribution in [0.5, 0.6) is 5.75 Å². The predicted octanol–water partition coefficient (Wildman–Crippen LogP) is 0.905. The van der Waals surface area contributed by atoms with Crippen molar-refractivity contribution < 1.29 is 14.3 Å². The highest BCUT2D eigenvalue weighted by Gasteiger charge is 2.21. The zero-order valence-corrected chi connectivity index (χ0v) is 11.9. The normalized spacial score (nSPS) is 17.1. The van der Waals surface area contributed by atoms with Crippen molar-refractivity contribution in [1.82, 2.24) is 10.6 Å². The SMILES string of the molecule is COCCNCC(=O)NCC1CCOc2ccccc21. The van der Waals surface area contributed by atoms with E-state index in [4.69, 9.17) is 9.47 Å². The summed E-state index contributed by atoms with van der Waals surface area (Å²) >= 11 is 0. The quantitative estimate of drug-likeness (QED) is 0.728. The molecule has 1 heterocycles. The van der Waals surface area contributed by atoms with Gasteiger partial charge in [-0.2, -0.15) is 0 Å². The molecule has 0 aromatic heterocycles. The molecule has 1 atom stereocenters. The van der Waals surface area contributed by atoms with Crippen molar-refractivity contribution >= 4 is 5.91 Å². The first-order chi connectivity index (χ1) is 9.81. The highest BCUT2D eigenvalue weighted by molar-refractivity contribution is 5.78. The van der Waals surface area contributed by atoms with Crippen LogP contribution in [0.1, 0.15) is 17.9 Å². The van der Waals surface area contributed by atoms with E-state index in [2.05, 4.69) is 16.7 Å². The van der Waals surface area contributed by atoms with E-state index >= 15 is 0 Å². The first-order valence-electron chi connectivity index (χ1n) is 6.99. The Bertz CT molecular complexity index is 437. The summed E-state index contributed by atoms with van der Waals surface area (Å²) in [5.74, 6) is 1.30. The van der Waals surface area contributed by atoms with E-state index in [1.807, 2.05) is 18.2 Å². The fourth-order valence-electron chi connectivity index (χ4n) is 2.30. The summed E-state index contributed by atoms with van der Waals surface area (Å²) in [6.45, 7) is 2.99. The molecular formula is C15H22N2O3. The number of ether oxygens (including phenoxy) is 2. The van der Waals surface area contributed by atoms with Crippen LogP contribution in [0.15, 0.2) is 24.3 Å². The topological polar surface area (TPSA) is 59.6 Å². The lowest BCUT2D eigenvalue weighted by Gasteiger charge is -2.26. The summed E-state index contributed by atoms with van der Waals surface area (Å²) in [6, 6.07) is 8.03. The van der Waals surface area contributed by atoms with Crippen LogP contribution in [0.2, 0.25) is 0 Å². The minimum atomic E-state index is 0.0186. The number of carbonyl (C=O) groups excluding carboxylic acids is 1. The molecule has 1 aliphatic heterocycles. The van der Waals surface area contributed by atoms with Crippen LogP contribution in [-0.4, -0.2) is 45.9 Å². The first-order valence-corrected chi connectivity index (χ1v) is 6.99. The number of methoxy groups -OCH3 is 1. The molecule has 1 unspecified atom stereocenters. The number of benzene rings is 1. The predicted molar refractivity (Wildman–Crippen MR) is 77.1 cm³/mol. The molecule has 110 valence electrons. The van der Waals surface area contributed by atoms with Gasteiger partial charge in [0, 0.05) is 26.1 Å². The third-order valence-corrected chi connectivity index (χ3v) is 3.40. The summed E-state index contributed by atoms with van der Waals surface area (Å²) in [7, 11) is 1.64. The molecule has 1 aliphatic rings. The Morgan fingerprint density at radius 1 is 1.45 bits per heavy atom. The maximum Gasteiger partial charge on any atom is 0.233 e. The Morgan fingerprint density at radius 3 is 3.15 bits per heavy atom. The lowest BCUT2D eigenvalue weighted by molar-refractivity contribution is -0.120. The van der Waals surface area contributed by atoms with Gasteiger partial charge in [-0.05, 0) is 18.1 Å². The smallest absolute Gasteiger partial charge is 0.233 e. The van der Waals surface area contributed by atoms with Crippen molar-refractivity contribution in [3.63, 3.8) is 0 Å². The van der Waals surface area contributed by atoms with E-state index in [-0.39, 0.29) is 5.91 Å². The van der Waals surface area contributed by atoms with Crippen molar-refractivity contribution in [3.05, 3.63) is 29.8 Å². The molecule has 0 radical (unpaired) electrons. The minimum Gasteiger partial charge on any atom is -0.493 e. The molecular weight excluding hydrogens is 256 g/mol. The monoisotopic (exact) mass is 278 g/mol. The zero-order valence-electron chi connectivity index (χ0n) is 11.9. The summed E-state index contributed by atoms with van der Waals surface area (Å²) in [4.78, 5) is 11.7. The van der Waals surface area contributed by atoms with E-state index in [0.717, 1.165) is 12.2 Å². The molecule has 20 heavy (non-hydrogen) atoms. The summed E-state index contributed by atoms with van der Waals surface area (Å²) in [6.07, 6.45) is 0.939. The van der Waals surface area contributed by atoms with E-state index in [0.29, 0.717) is 38.8 Å². The largest absolute Gasteiger partial charge is 0.493 e. The van der Waals surface area contributed by atoms with E-state index in [1.165, 1.54) is 5.56 Å². The van der Waals surface area contributed by atoms with E-state index < -0.39 is 0 Å². The highest BCUT2D eigenvalue weighted by Crippen LogP contribution is 2.32. The van der Waals surface area contributed by atoms with Crippen molar-refractivity contribution in [2.24, 2.45) is 0 Å². The first kappa shape index (κ1) is 14.8. The van der Waals surface area contributed by atoms with Gasteiger partial charge in [-0.25, -0.2) is 0 Å². The van der Waals surface area contributed by atoms with Gasteiger partial charge in [0.25, 0.3) is 0 Å².